The molecule has 0 aliphatic heterocycles. The van der Waals surface area contributed by atoms with E-state index in [1.165, 1.54) is 0 Å². The summed E-state index contributed by atoms with van der Waals surface area (Å²) in [6.45, 7) is 0. The SMILES string of the molecule is O=CCC1=Cc2ccc(Cl)cc2C1=O. The summed E-state index contributed by atoms with van der Waals surface area (Å²) in [5.74, 6) is -0.0883. The van der Waals surface area contributed by atoms with Crippen LogP contribution in [0.5, 0.6) is 0 Å². The van der Waals surface area contributed by atoms with Crippen molar-refractivity contribution < 1.29 is 9.59 Å². The molecule has 0 bridgehead atoms. The second kappa shape index (κ2) is 3.39. The Morgan fingerprint density at radius 1 is 1.36 bits per heavy atom. The Kier molecular flexibility index (Phi) is 2.22. The maximum atomic E-state index is 11.7. The second-order valence-electron chi connectivity index (χ2n) is 3.10. The fraction of sp³-hybridized carbons (Fsp3) is 0.0909. The average Bonchev–Trinajstić information content (AvgIpc) is 2.46. The third-order valence-electron chi connectivity index (χ3n) is 2.18. The Bertz CT molecular complexity index is 447. The van der Waals surface area contributed by atoms with Crippen LogP contribution >= 0.6 is 11.6 Å². The van der Waals surface area contributed by atoms with Crippen molar-refractivity contribution in [3.63, 3.8) is 0 Å². The van der Waals surface area contributed by atoms with Gasteiger partial charge < -0.3 is 4.79 Å². The third kappa shape index (κ3) is 1.38. The molecule has 70 valence electrons. The first-order valence-electron chi connectivity index (χ1n) is 4.21. The molecule has 2 rings (SSSR count). The Morgan fingerprint density at radius 2 is 2.14 bits per heavy atom. The molecule has 14 heavy (non-hydrogen) atoms. The van der Waals surface area contributed by atoms with Crippen LogP contribution in [0.3, 0.4) is 0 Å². The van der Waals surface area contributed by atoms with Crippen LogP contribution in [0, 0.1) is 0 Å². The molecule has 0 atom stereocenters. The van der Waals surface area contributed by atoms with Gasteiger partial charge in [0.05, 0.1) is 0 Å². The van der Waals surface area contributed by atoms with Crippen LogP contribution in [-0.4, -0.2) is 12.1 Å². The van der Waals surface area contributed by atoms with E-state index in [4.69, 9.17) is 11.6 Å². The van der Waals surface area contributed by atoms with Crippen LogP contribution in [0.1, 0.15) is 22.3 Å². The predicted molar refractivity (Wildman–Crippen MR) is 54.4 cm³/mol. The lowest BCUT2D eigenvalue weighted by molar-refractivity contribution is -0.107. The van der Waals surface area contributed by atoms with Crippen molar-refractivity contribution in [1.82, 2.24) is 0 Å². The number of ketones is 1. The molecule has 0 radical (unpaired) electrons. The van der Waals surface area contributed by atoms with Gasteiger partial charge in [-0.15, -0.1) is 0 Å². The van der Waals surface area contributed by atoms with Crippen LogP contribution in [0.25, 0.3) is 6.08 Å². The number of aldehydes is 1. The fourth-order valence-corrected chi connectivity index (χ4v) is 1.69. The van der Waals surface area contributed by atoms with Crippen LogP contribution < -0.4 is 0 Å². The van der Waals surface area contributed by atoms with Gasteiger partial charge >= 0.3 is 0 Å². The van der Waals surface area contributed by atoms with Crippen LogP contribution in [0.2, 0.25) is 5.02 Å². The molecule has 0 fully saturated rings. The Labute approximate surface area is 86.2 Å². The van der Waals surface area contributed by atoms with Crippen molar-refractivity contribution in [2.45, 2.75) is 6.42 Å². The molecular weight excluding hydrogens is 200 g/mol. The minimum atomic E-state index is -0.0883. The van der Waals surface area contributed by atoms with Crippen molar-refractivity contribution in [2.75, 3.05) is 0 Å². The van der Waals surface area contributed by atoms with E-state index in [-0.39, 0.29) is 12.2 Å². The standard InChI is InChI=1S/C11H7ClO2/c12-9-2-1-7-5-8(3-4-13)11(14)10(7)6-9/h1-2,4-6H,3H2. The van der Waals surface area contributed by atoms with E-state index in [1.807, 2.05) is 0 Å². The zero-order valence-electron chi connectivity index (χ0n) is 7.29. The van der Waals surface area contributed by atoms with Crippen LogP contribution in [-0.2, 0) is 4.79 Å². The number of Topliss-reactive ketones (excluding diaryl/α,β-unsaturated/α-hetero) is 1. The van der Waals surface area contributed by atoms with Crippen molar-refractivity contribution >= 4 is 29.7 Å². The molecule has 0 N–H and O–H groups in total. The molecule has 0 spiro atoms. The summed E-state index contributed by atoms with van der Waals surface area (Å²) in [5.41, 5.74) is 1.97. The minimum Gasteiger partial charge on any atom is -0.303 e. The van der Waals surface area contributed by atoms with Gasteiger partial charge in [-0.1, -0.05) is 17.7 Å². The summed E-state index contributed by atoms with van der Waals surface area (Å²) < 4.78 is 0. The summed E-state index contributed by atoms with van der Waals surface area (Å²) in [6.07, 6.45) is 2.64. The molecule has 1 aromatic rings. The Morgan fingerprint density at radius 3 is 2.86 bits per heavy atom. The highest BCUT2D eigenvalue weighted by Crippen LogP contribution is 2.28. The van der Waals surface area contributed by atoms with E-state index in [9.17, 15) is 9.59 Å². The minimum absolute atomic E-state index is 0.0883. The van der Waals surface area contributed by atoms with Gasteiger partial charge in [0.2, 0.25) is 0 Å². The summed E-state index contributed by atoms with van der Waals surface area (Å²) in [5, 5.41) is 0.540. The molecule has 0 aromatic heterocycles. The molecule has 0 amide bonds. The third-order valence-corrected chi connectivity index (χ3v) is 2.42. The molecular formula is C11H7ClO2. The van der Waals surface area contributed by atoms with Crippen molar-refractivity contribution in [3.8, 4) is 0 Å². The maximum absolute atomic E-state index is 11.7. The van der Waals surface area contributed by atoms with E-state index < -0.39 is 0 Å². The number of fused-ring (bicyclic) bond motifs is 1. The number of rotatable bonds is 2. The van der Waals surface area contributed by atoms with Gasteiger partial charge in [-0.3, -0.25) is 4.79 Å². The van der Waals surface area contributed by atoms with Gasteiger partial charge in [0.1, 0.15) is 6.29 Å². The number of hydrogen-bond acceptors (Lipinski definition) is 2. The first kappa shape index (κ1) is 9.16. The van der Waals surface area contributed by atoms with Gasteiger partial charge in [-0.25, -0.2) is 0 Å². The van der Waals surface area contributed by atoms with Gasteiger partial charge in [0.15, 0.2) is 5.78 Å². The lowest BCUT2D eigenvalue weighted by atomic mass is 10.1. The number of halogens is 1. The molecule has 1 aromatic carbocycles. The molecule has 0 saturated heterocycles. The summed E-state index contributed by atoms with van der Waals surface area (Å²) >= 11 is 5.77. The summed E-state index contributed by atoms with van der Waals surface area (Å²) in [6, 6.07) is 5.15. The number of allylic oxidation sites excluding steroid dienone is 1. The summed E-state index contributed by atoms with van der Waals surface area (Å²) in [7, 11) is 0. The zero-order chi connectivity index (χ0) is 10.1. The number of hydrogen-bond donors (Lipinski definition) is 0. The van der Waals surface area contributed by atoms with Crippen LogP contribution in [0.15, 0.2) is 23.8 Å². The smallest absolute Gasteiger partial charge is 0.190 e. The van der Waals surface area contributed by atoms with Gasteiger partial charge in [-0.2, -0.15) is 0 Å². The number of benzene rings is 1. The highest BCUT2D eigenvalue weighted by Gasteiger charge is 2.21. The van der Waals surface area contributed by atoms with Gasteiger partial charge in [-0.05, 0) is 23.8 Å². The Balaban J connectivity index is 2.46. The van der Waals surface area contributed by atoms with Crippen molar-refractivity contribution in [3.05, 3.63) is 39.9 Å². The van der Waals surface area contributed by atoms with E-state index in [2.05, 4.69) is 0 Å². The molecule has 0 saturated carbocycles. The van der Waals surface area contributed by atoms with E-state index in [0.29, 0.717) is 16.2 Å². The maximum Gasteiger partial charge on any atom is 0.190 e. The monoisotopic (exact) mass is 206 g/mol. The topological polar surface area (TPSA) is 34.1 Å². The summed E-state index contributed by atoms with van der Waals surface area (Å²) in [4.78, 5) is 22.0. The number of carbonyl (C=O) groups excluding carboxylic acids is 2. The van der Waals surface area contributed by atoms with E-state index in [1.54, 1.807) is 24.3 Å². The fourth-order valence-electron chi connectivity index (χ4n) is 1.52. The molecule has 0 heterocycles. The highest BCUT2D eigenvalue weighted by molar-refractivity contribution is 6.31. The quantitative estimate of drug-likeness (QED) is 0.697. The van der Waals surface area contributed by atoms with Crippen molar-refractivity contribution in [2.24, 2.45) is 0 Å². The molecule has 1 aliphatic carbocycles. The lowest BCUT2D eigenvalue weighted by Gasteiger charge is -1.97. The molecule has 3 heteroatoms. The first-order valence-corrected chi connectivity index (χ1v) is 4.58. The number of carbonyl (C=O) groups is 2. The molecule has 1 aliphatic rings. The zero-order valence-corrected chi connectivity index (χ0v) is 8.04. The average molecular weight is 207 g/mol. The van der Waals surface area contributed by atoms with Gasteiger partial charge in [0.25, 0.3) is 0 Å². The van der Waals surface area contributed by atoms with E-state index >= 15 is 0 Å². The molecule has 0 unspecified atom stereocenters. The first-order chi connectivity index (χ1) is 6.72. The Hall–Kier alpha value is -1.41. The molecule has 2 nitrogen and oxygen atoms in total. The van der Waals surface area contributed by atoms with Crippen molar-refractivity contribution in [1.29, 1.82) is 0 Å². The predicted octanol–water partition coefficient (Wildman–Crippen LogP) is 2.51. The lowest BCUT2D eigenvalue weighted by Crippen LogP contribution is -1.98. The van der Waals surface area contributed by atoms with Crippen LogP contribution in [0.4, 0.5) is 0 Å². The van der Waals surface area contributed by atoms with Gasteiger partial charge in [0, 0.05) is 22.6 Å². The highest BCUT2D eigenvalue weighted by atomic mass is 35.5. The second-order valence-corrected chi connectivity index (χ2v) is 3.54. The largest absolute Gasteiger partial charge is 0.303 e. The van der Waals surface area contributed by atoms with E-state index in [0.717, 1.165) is 11.8 Å². The normalized spacial score (nSPS) is 13.8.